The summed E-state index contributed by atoms with van der Waals surface area (Å²) in [5.74, 6) is -0.0165. The van der Waals surface area contributed by atoms with Crippen LogP contribution in [-0.2, 0) is 4.74 Å². The van der Waals surface area contributed by atoms with Crippen LogP contribution in [0.3, 0.4) is 0 Å². The van der Waals surface area contributed by atoms with Crippen LogP contribution in [0.15, 0.2) is 91.0 Å². The lowest BCUT2D eigenvalue weighted by atomic mass is 10.1. The minimum atomic E-state index is -0.421. The summed E-state index contributed by atoms with van der Waals surface area (Å²) >= 11 is 0. The predicted molar refractivity (Wildman–Crippen MR) is 114 cm³/mol. The first-order valence-electron chi connectivity index (χ1n) is 9.19. The molecule has 0 fully saturated rings. The van der Waals surface area contributed by atoms with Crippen molar-refractivity contribution >= 4 is 17.6 Å². The number of methoxy groups -OCH3 is 1. The molecule has 4 aromatic rings. The summed E-state index contributed by atoms with van der Waals surface area (Å²) in [5, 5.41) is 3.19. The molecule has 1 N–H and O–H groups in total. The largest absolute Gasteiger partial charge is 0.465 e. The average molecular weight is 381 g/mol. The molecule has 4 rings (SSSR count). The minimum absolute atomic E-state index is 0.404. The number of esters is 1. The highest BCUT2D eigenvalue weighted by atomic mass is 16.5. The zero-order valence-corrected chi connectivity index (χ0v) is 15.9. The van der Waals surface area contributed by atoms with Gasteiger partial charge in [-0.05, 0) is 18.2 Å². The molecule has 3 aromatic carbocycles. The van der Waals surface area contributed by atoms with Crippen LogP contribution in [0.5, 0.6) is 0 Å². The first-order valence-corrected chi connectivity index (χ1v) is 9.19. The van der Waals surface area contributed by atoms with Crippen LogP contribution >= 0.6 is 0 Å². The summed E-state index contributed by atoms with van der Waals surface area (Å²) in [6.45, 7) is 0. The Morgan fingerprint density at radius 2 is 1.28 bits per heavy atom. The van der Waals surface area contributed by atoms with E-state index in [1.165, 1.54) is 7.11 Å². The number of carbonyl (C=O) groups excluding carboxylic acids is 1. The van der Waals surface area contributed by atoms with Gasteiger partial charge in [0.15, 0.2) is 0 Å². The topological polar surface area (TPSA) is 64.1 Å². The molecule has 0 radical (unpaired) electrons. The Hall–Kier alpha value is -3.99. The highest BCUT2D eigenvalue weighted by molar-refractivity contribution is 5.96. The number of hydrogen-bond donors (Lipinski definition) is 1. The molecule has 0 aliphatic heterocycles. The zero-order chi connectivity index (χ0) is 20.1. The van der Waals surface area contributed by atoms with Gasteiger partial charge in [0, 0.05) is 11.1 Å². The lowest BCUT2D eigenvalue weighted by Gasteiger charge is -2.12. The molecule has 0 amide bonds. The van der Waals surface area contributed by atoms with Crippen LogP contribution in [0, 0.1) is 0 Å². The van der Waals surface area contributed by atoms with Gasteiger partial charge >= 0.3 is 5.97 Å². The van der Waals surface area contributed by atoms with Crippen LogP contribution in [0.1, 0.15) is 10.4 Å². The SMILES string of the molecule is COC(=O)c1ccccc1Nc1nc(-c2ccccc2)cc(-c2ccccc2)n1. The Bertz CT molecular complexity index is 1070. The molecule has 0 atom stereocenters. The van der Waals surface area contributed by atoms with Gasteiger partial charge in [0.25, 0.3) is 0 Å². The average Bonchev–Trinajstić information content (AvgIpc) is 2.80. The third-order valence-corrected chi connectivity index (χ3v) is 4.44. The Labute approximate surface area is 169 Å². The van der Waals surface area contributed by atoms with E-state index in [9.17, 15) is 4.79 Å². The molecule has 0 saturated carbocycles. The summed E-state index contributed by atoms with van der Waals surface area (Å²) in [5.41, 5.74) is 4.55. The maximum Gasteiger partial charge on any atom is 0.339 e. The van der Waals surface area contributed by atoms with Crippen LogP contribution in [-0.4, -0.2) is 23.0 Å². The normalized spacial score (nSPS) is 10.4. The quantitative estimate of drug-likeness (QED) is 0.473. The lowest BCUT2D eigenvalue weighted by Crippen LogP contribution is -2.07. The molecule has 5 heteroatoms. The Morgan fingerprint density at radius 3 is 1.83 bits per heavy atom. The van der Waals surface area contributed by atoms with Crippen molar-refractivity contribution in [3.63, 3.8) is 0 Å². The van der Waals surface area contributed by atoms with Gasteiger partial charge in [-0.1, -0.05) is 72.8 Å². The molecule has 0 unspecified atom stereocenters. The van der Waals surface area contributed by atoms with Crippen molar-refractivity contribution in [1.82, 2.24) is 9.97 Å². The summed E-state index contributed by atoms with van der Waals surface area (Å²) in [6, 6.07) is 28.9. The third kappa shape index (κ3) is 4.14. The molecular weight excluding hydrogens is 362 g/mol. The van der Waals surface area contributed by atoms with E-state index in [-0.39, 0.29) is 0 Å². The molecule has 29 heavy (non-hydrogen) atoms. The Morgan fingerprint density at radius 1 is 0.759 bits per heavy atom. The van der Waals surface area contributed by atoms with Gasteiger partial charge in [-0.3, -0.25) is 0 Å². The number of nitrogens with zero attached hydrogens (tertiary/aromatic N) is 2. The first kappa shape index (κ1) is 18.4. The molecule has 0 aliphatic carbocycles. The highest BCUT2D eigenvalue weighted by Gasteiger charge is 2.14. The maximum absolute atomic E-state index is 12.1. The summed E-state index contributed by atoms with van der Waals surface area (Å²) < 4.78 is 4.88. The van der Waals surface area contributed by atoms with E-state index in [1.807, 2.05) is 72.8 Å². The second kappa shape index (κ2) is 8.35. The Kier molecular flexibility index (Phi) is 5.29. The summed E-state index contributed by atoms with van der Waals surface area (Å²) in [6.07, 6.45) is 0. The number of nitrogens with one attached hydrogen (secondary N) is 1. The number of rotatable bonds is 5. The summed E-state index contributed by atoms with van der Waals surface area (Å²) in [7, 11) is 1.36. The van der Waals surface area contributed by atoms with Crippen molar-refractivity contribution < 1.29 is 9.53 Å². The summed E-state index contributed by atoms with van der Waals surface area (Å²) in [4.78, 5) is 21.5. The van der Waals surface area contributed by atoms with Crippen molar-refractivity contribution in [1.29, 1.82) is 0 Å². The standard InChI is InChI=1S/C24H19N3O2/c1-29-23(28)19-14-8-9-15-20(19)25-24-26-21(17-10-4-2-5-11-17)16-22(27-24)18-12-6-3-7-13-18/h2-16H,1H3,(H,25,26,27). The van der Waals surface area contributed by atoms with Crippen LogP contribution in [0.2, 0.25) is 0 Å². The van der Waals surface area contributed by atoms with Gasteiger partial charge in [-0.15, -0.1) is 0 Å². The monoisotopic (exact) mass is 381 g/mol. The van der Waals surface area contributed by atoms with Gasteiger partial charge in [-0.25, -0.2) is 14.8 Å². The Balaban J connectivity index is 1.81. The molecule has 5 nitrogen and oxygen atoms in total. The van der Waals surface area contributed by atoms with Crippen molar-refractivity contribution in [3.8, 4) is 22.5 Å². The molecule has 0 bridgehead atoms. The molecule has 0 saturated heterocycles. The number of para-hydroxylation sites is 1. The number of anilines is 2. The molecule has 0 spiro atoms. The molecule has 142 valence electrons. The van der Waals surface area contributed by atoms with Gasteiger partial charge in [-0.2, -0.15) is 0 Å². The van der Waals surface area contributed by atoms with Crippen LogP contribution in [0.4, 0.5) is 11.6 Å². The van der Waals surface area contributed by atoms with E-state index in [0.29, 0.717) is 17.2 Å². The van der Waals surface area contributed by atoms with Crippen molar-refractivity contribution in [2.45, 2.75) is 0 Å². The van der Waals surface area contributed by atoms with E-state index in [4.69, 9.17) is 4.74 Å². The maximum atomic E-state index is 12.1. The number of carbonyl (C=O) groups is 1. The van der Waals surface area contributed by atoms with Crippen LogP contribution < -0.4 is 5.32 Å². The van der Waals surface area contributed by atoms with E-state index < -0.39 is 5.97 Å². The predicted octanol–water partition coefficient (Wildman–Crippen LogP) is 5.34. The van der Waals surface area contributed by atoms with Crippen molar-refractivity contribution in [3.05, 3.63) is 96.6 Å². The second-order valence-corrected chi connectivity index (χ2v) is 6.36. The van der Waals surface area contributed by atoms with Gasteiger partial charge in [0.05, 0.1) is 29.7 Å². The highest BCUT2D eigenvalue weighted by Crippen LogP contribution is 2.27. The number of aromatic nitrogens is 2. The van der Waals surface area contributed by atoms with Gasteiger partial charge in [0.2, 0.25) is 5.95 Å². The zero-order valence-electron chi connectivity index (χ0n) is 15.9. The molecule has 1 heterocycles. The molecule has 1 aromatic heterocycles. The van der Waals surface area contributed by atoms with Crippen molar-refractivity contribution in [2.75, 3.05) is 12.4 Å². The second-order valence-electron chi connectivity index (χ2n) is 6.36. The van der Waals surface area contributed by atoms with Crippen molar-refractivity contribution in [2.24, 2.45) is 0 Å². The fourth-order valence-corrected chi connectivity index (χ4v) is 3.02. The fourth-order valence-electron chi connectivity index (χ4n) is 3.02. The fraction of sp³-hybridized carbons (Fsp3) is 0.0417. The van der Waals surface area contributed by atoms with Crippen LogP contribution in [0.25, 0.3) is 22.5 Å². The molecular formula is C24H19N3O2. The molecule has 0 aliphatic rings. The first-order chi connectivity index (χ1) is 14.2. The number of ether oxygens (including phenoxy) is 1. The lowest BCUT2D eigenvalue weighted by molar-refractivity contribution is 0.0602. The van der Waals surface area contributed by atoms with E-state index >= 15 is 0 Å². The number of hydrogen-bond acceptors (Lipinski definition) is 5. The minimum Gasteiger partial charge on any atom is -0.465 e. The van der Waals surface area contributed by atoms with Gasteiger partial charge < -0.3 is 10.1 Å². The number of benzene rings is 3. The van der Waals surface area contributed by atoms with Gasteiger partial charge in [0.1, 0.15) is 0 Å². The van der Waals surface area contributed by atoms with E-state index in [1.54, 1.807) is 18.2 Å². The third-order valence-electron chi connectivity index (χ3n) is 4.44. The van der Waals surface area contributed by atoms with E-state index in [0.717, 1.165) is 22.5 Å². The van der Waals surface area contributed by atoms with E-state index in [2.05, 4.69) is 15.3 Å². The smallest absolute Gasteiger partial charge is 0.339 e.